The molecule has 1 fully saturated rings. The van der Waals surface area contributed by atoms with E-state index in [1.165, 1.54) is 0 Å². The molecule has 0 radical (unpaired) electrons. The van der Waals surface area contributed by atoms with Crippen molar-refractivity contribution in [2.75, 3.05) is 40.0 Å². The van der Waals surface area contributed by atoms with Crippen molar-refractivity contribution in [1.29, 1.82) is 0 Å². The minimum atomic E-state index is -0.461. The predicted molar refractivity (Wildman–Crippen MR) is 64.9 cm³/mol. The summed E-state index contributed by atoms with van der Waals surface area (Å²) in [7, 11) is 1.64. The van der Waals surface area contributed by atoms with Crippen LogP contribution in [0.25, 0.3) is 0 Å². The van der Waals surface area contributed by atoms with E-state index in [1.54, 1.807) is 7.11 Å². The van der Waals surface area contributed by atoms with Crippen molar-refractivity contribution in [3.63, 3.8) is 0 Å². The van der Waals surface area contributed by atoms with E-state index in [0.717, 1.165) is 13.0 Å². The zero-order valence-electron chi connectivity index (χ0n) is 11.1. The van der Waals surface area contributed by atoms with E-state index >= 15 is 0 Å². The summed E-state index contributed by atoms with van der Waals surface area (Å²) in [6, 6.07) is 0. The zero-order chi connectivity index (χ0) is 12.7. The summed E-state index contributed by atoms with van der Waals surface area (Å²) in [5, 5.41) is 10.0. The van der Waals surface area contributed by atoms with Crippen LogP contribution in [-0.4, -0.2) is 68.5 Å². The lowest BCUT2D eigenvalue weighted by molar-refractivity contribution is -0.170. The third-order valence-corrected chi connectivity index (χ3v) is 2.95. The van der Waals surface area contributed by atoms with Crippen molar-refractivity contribution in [2.24, 2.45) is 0 Å². The fourth-order valence-corrected chi connectivity index (χ4v) is 1.80. The molecule has 0 spiro atoms. The van der Waals surface area contributed by atoms with Gasteiger partial charge in [-0.3, -0.25) is 4.90 Å². The van der Waals surface area contributed by atoms with Gasteiger partial charge in [0.1, 0.15) is 0 Å². The van der Waals surface area contributed by atoms with Crippen molar-refractivity contribution in [3.8, 4) is 0 Å². The van der Waals surface area contributed by atoms with E-state index in [2.05, 4.69) is 11.8 Å². The van der Waals surface area contributed by atoms with Gasteiger partial charge in [0.25, 0.3) is 0 Å². The monoisotopic (exact) mass is 247 g/mol. The lowest BCUT2D eigenvalue weighted by atomic mass is 10.2. The first-order valence-corrected chi connectivity index (χ1v) is 6.33. The van der Waals surface area contributed by atoms with Gasteiger partial charge in [0.15, 0.2) is 6.29 Å². The third kappa shape index (κ3) is 5.31. The molecule has 3 unspecified atom stereocenters. The molecule has 102 valence electrons. The Bertz CT molecular complexity index is 203. The van der Waals surface area contributed by atoms with Crippen molar-refractivity contribution >= 4 is 0 Å². The second kappa shape index (κ2) is 8.00. The molecule has 0 aromatic carbocycles. The molecular formula is C12H25NO4. The highest BCUT2D eigenvalue weighted by atomic mass is 16.7. The normalized spacial score (nSPS) is 25.8. The molecule has 3 atom stereocenters. The number of β-amino-alcohol motifs (C(OH)–C–C–N with tert-alkyl or cyclic N) is 1. The number of hydrogen-bond donors (Lipinski definition) is 1. The molecule has 5 nitrogen and oxygen atoms in total. The molecule has 0 amide bonds. The number of hydrogen-bond acceptors (Lipinski definition) is 5. The maximum atomic E-state index is 10.0. The van der Waals surface area contributed by atoms with Crippen molar-refractivity contribution in [3.05, 3.63) is 0 Å². The van der Waals surface area contributed by atoms with Gasteiger partial charge in [0.2, 0.25) is 0 Å². The SMILES string of the molecule is CCCOC(C)C(O)CN1CCOC(OC)C1. The van der Waals surface area contributed by atoms with Crippen LogP contribution < -0.4 is 0 Å². The van der Waals surface area contributed by atoms with E-state index in [-0.39, 0.29) is 12.4 Å². The molecule has 17 heavy (non-hydrogen) atoms. The first-order valence-electron chi connectivity index (χ1n) is 6.33. The summed E-state index contributed by atoms with van der Waals surface area (Å²) in [5.74, 6) is 0. The number of morpholine rings is 1. The standard InChI is InChI=1S/C12H25NO4/c1-4-6-16-10(2)11(14)8-13-5-7-17-12(9-13)15-3/h10-12,14H,4-9H2,1-3H3. The molecule has 0 bridgehead atoms. The highest BCUT2D eigenvalue weighted by molar-refractivity contribution is 4.73. The maximum absolute atomic E-state index is 10.0. The minimum absolute atomic E-state index is 0.126. The number of methoxy groups -OCH3 is 1. The van der Waals surface area contributed by atoms with E-state index in [1.807, 2.05) is 6.92 Å². The number of rotatable bonds is 7. The number of nitrogens with zero attached hydrogens (tertiary/aromatic N) is 1. The van der Waals surface area contributed by atoms with Crippen LogP contribution in [0.4, 0.5) is 0 Å². The predicted octanol–water partition coefficient (Wildman–Crippen LogP) is 0.467. The lowest BCUT2D eigenvalue weighted by Crippen LogP contribution is -2.48. The number of aliphatic hydroxyl groups is 1. The number of aliphatic hydroxyl groups excluding tert-OH is 1. The molecule has 0 aliphatic carbocycles. The molecule has 0 aromatic rings. The zero-order valence-corrected chi connectivity index (χ0v) is 11.1. The molecule has 1 heterocycles. The molecule has 5 heteroatoms. The summed E-state index contributed by atoms with van der Waals surface area (Å²) >= 11 is 0. The van der Waals surface area contributed by atoms with Gasteiger partial charge >= 0.3 is 0 Å². The minimum Gasteiger partial charge on any atom is -0.389 e. The van der Waals surface area contributed by atoms with Crippen LogP contribution in [0, 0.1) is 0 Å². The largest absolute Gasteiger partial charge is 0.389 e. The molecule has 1 rings (SSSR count). The highest BCUT2D eigenvalue weighted by Gasteiger charge is 2.24. The highest BCUT2D eigenvalue weighted by Crippen LogP contribution is 2.08. The number of ether oxygens (including phenoxy) is 3. The molecule has 1 aliphatic heterocycles. The van der Waals surface area contributed by atoms with E-state index in [0.29, 0.717) is 26.3 Å². The van der Waals surface area contributed by atoms with E-state index in [9.17, 15) is 5.11 Å². The van der Waals surface area contributed by atoms with Crippen molar-refractivity contribution in [1.82, 2.24) is 4.90 Å². The summed E-state index contributed by atoms with van der Waals surface area (Å²) in [5.41, 5.74) is 0. The van der Waals surface area contributed by atoms with Gasteiger partial charge in [0, 0.05) is 33.4 Å². The van der Waals surface area contributed by atoms with Gasteiger partial charge in [-0.2, -0.15) is 0 Å². The molecule has 1 N–H and O–H groups in total. The Kier molecular flexibility index (Phi) is 6.99. The van der Waals surface area contributed by atoms with Crippen LogP contribution in [0.3, 0.4) is 0 Å². The summed E-state index contributed by atoms with van der Waals surface area (Å²) in [4.78, 5) is 2.15. The summed E-state index contributed by atoms with van der Waals surface area (Å²) in [6.07, 6.45) is 0.208. The first-order chi connectivity index (χ1) is 8.17. The fraction of sp³-hybridized carbons (Fsp3) is 1.00. The maximum Gasteiger partial charge on any atom is 0.169 e. The van der Waals surface area contributed by atoms with Gasteiger partial charge < -0.3 is 19.3 Å². The van der Waals surface area contributed by atoms with Crippen LogP contribution in [0.2, 0.25) is 0 Å². The van der Waals surface area contributed by atoms with Gasteiger partial charge in [-0.05, 0) is 13.3 Å². The van der Waals surface area contributed by atoms with Crippen LogP contribution in [-0.2, 0) is 14.2 Å². The molecule has 1 saturated heterocycles. The van der Waals surface area contributed by atoms with Gasteiger partial charge in [-0.1, -0.05) is 6.92 Å². The van der Waals surface area contributed by atoms with Crippen LogP contribution in [0.15, 0.2) is 0 Å². The quantitative estimate of drug-likeness (QED) is 0.708. The summed E-state index contributed by atoms with van der Waals surface area (Å²) in [6.45, 7) is 7.45. The van der Waals surface area contributed by atoms with Crippen molar-refractivity contribution < 1.29 is 19.3 Å². The average Bonchev–Trinajstić information content (AvgIpc) is 2.36. The smallest absolute Gasteiger partial charge is 0.169 e. The molecule has 0 saturated carbocycles. The van der Waals surface area contributed by atoms with Gasteiger partial charge in [-0.15, -0.1) is 0 Å². The van der Waals surface area contributed by atoms with E-state index < -0.39 is 6.10 Å². The first kappa shape index (κ1) is 14.9. The molecule has 1 aliphatic rings. The van der Waals surface area contributed by atoms with E-state index in [4.69, 9.17) is 14.2 Å². The Morgan fingerprint density at radius 1 is 1.53 bits per heavy atom. The van der Waals surface area contributed by atoms with Gasteiger partial charge in [-0.25, -0.2) is 0 Å². The fourth-order valence-electron chi connectivity index (χ4n) is 1.80. The van der Waals surface area contributed by atoms with Crippen LogP contribution in [0.5, 0.6) is 0 Å². The Labute approximate surface area is 104 Å². The van der Waals surface area contributed by atoms with Crippen LogP contribution >= 0.6 is 0 Å². The topological polar surface area (TPSA) is 51.2 Å². The summed E-state index contributed by atoms with van der Waals surface area (Å²) < 4.78 is 16.0. The Balaban J connectivity index is 2.26. The lowest BCUT2D eigenvalue weighted by Gasteiger charge is -2.34. The average molecular weight is 247 g/mol. The van der Waals surface area contributed by atoms with Gasteiger partial charge in [0.05, 0.1) is 18.8 Å². The third-order valence-electron chi connectivity index (χ3n) is 2.95. The van der Waals surface area contributed by atoms with Crippen molar-refractivity contribution in [2.45, 2.75) is 38.8 Å². The second-order valence-electron chi connectivity index (χ2n) is 4.44. The van der Waals surface area contributed by atoms with Crippen LogP contribution in [0.1, 0.15) is 20.3 Å². The second-order valence-corrected chi connectivity index (χ2v) is 4.44. The molecular weight excluding hydrogens is 222 g/mol. The Hall–Kier alpha value is -0.200. The Morgan fingerprint density at radius 2 is 2.29 bits per heavy atom. The molecule has 0 aromatic heterocycles. The Morgan fingerprint density at radius 3 is 2.94 bits per heavy atom.